The average molecular weight is 209 g/mol. The molecule has 0 spiro atoms. The van der Waals surface area contributed by atoms with Crippen LogP contribution in [0.5, 0.6) is 0 Å². The Labute approximate surface area is 87.9 Å². The Morgan fingerprint density at radius 3 is 2.62 bits per heavy atom. The number of hydrogen-bond acceptors (Lipinski definition) is 2. The molecule has 1 nitrogen and oxygen atoms in total. The first-order valence-electron chi connectivity index (χ1n) is 4.27. The zero-order valence-corrected chi connectivity index (χ0v) is 9.04. The van der Waals surface area contributed by atoms with Crippen LogP contribution in [-0.4, -0.2) is 10.9 Å². The highest BCUT2D eigenvalue weighted by atomic mass is 32.2. The Morgan fingerprint density at radius 2 is 2.08 bits per heavy atom. The molecule has 13 heavy (non-hydrogen) atoms. The summed E-state index contributed by atoms with van der Waals surface area (Å²) in [6.07, 6.45) is 0. The molecule has 0 bridgehead atoms. The summed E-state index contributed by atoms with van der Waals surface area (Å²) >= 11 is 6.82. The lowest BCUT2D eigenvalue weighted by atomic mass is 10.1. The van der Waals surface area contributed by atoms with E-state index in [-0.39, 0.29) is 0 Å². The first-order valence-corrected chi connectivity index (χ1v) is 5.55. The van der Waals surface area contributed by atoms with Gasteiger partial charge in [-0.25, -0.2) is 0 Å². The van der Waals surface area contributed by atoms with Crippen LogP contribution in [-0.2, 0) is 0 Å². The second-order valence-electron chi connectivity index (χ2n) is 3.19. The lowest BCUT2D eigenvalue weighted by Gasteiger charge is -2.06. The first kappa shape index (κ1) is 9.03. The molecule has 1 aliphatic heterocycles. The molecule has 1 saturated heterocycles. The molecule has 68 valence electrons. The zero-order valence-electron chi connectivity index (χ0n) is 7.41. The van der Waals surface area contributed by atoms with Gasteiger partial charge < -0.3 is 5.32 Å². The van der Waals surface area contributed by atoms with Gasteiger partial charge in [-0.3, -0.25) is 0 Å². The third-order valence-corrected chi connectivity index (χ3v) is 3.65. The average Bonchev–Trinajstić information content (AvgIpc) is 2.53. The van der Waals surface area contributed by atoms with Crippen LogP contribution in [0.2, 0.25) is 0 Å². The fourth-order valence-corrected chi connectivity index (χ4v) is 2.67. The number of aryl methyl sites for hydroxylation is 1. The van der Waals surface area contributed by atoms with E-state index in [0.29, 0.717) is 5.25 Å². The lowest BCUT2D eigenvalue weighted by Crippen LogP contribution is -2.11. The highest BCUT2D eigenvalue weighted by Crippen LogP contribution is 2.32. The summed E-state index contributed by atoms with van der Waals surface area (Å²) in [5, 5.41) is 3.68. The smallest absolute Gasteiger partial charge is 0.134 e. The molecule has 0 radical (unpaired) electrons. The molecular weight excluding hydrogens is 198 g/mol. The van der Waals surface area contributed by atoms with Gasteiger partial charge in [0, 0.05) is 6.54 Å². The van der Waals surface area contributed by atoms with Crippen molar-refractivity contribution < 1.29 is 0 Å². The second-order valence-corrected chi connectivity index (χ2v) is 5.07. The topological polar surface area (TPSA) is 12.0 Å². The summed E-state index contributed by atoms with van der Waals surface area (Å²) < 4.78 is 0.922. The molecule has 1 N–H and O–H groups in total. The standard InChI is InChI=1S/C10H11NS2/c1-7-2-4-8(5-3-7)9-6-11-10(12)13-9/h2-5,9H,6H2,1H3,(H,11,12). The monoisotopic (exact) mass is 209 g/mol. The number of rotatable bonds is 1. The van der Waals surface area contributed by atoms with Crippen LogP contribution in [0, 0.1) is 6.92 Å². The van der Waals surface area contributed by atoms with Gasteiger partial charge in [0.15, 0.2) is 0 Å². The normalized spacial score (nSPS) is 21.6. The Morgan fingerprint density at radius 1 is 1.38 bits per heavy atom. The van der Waals surface area contributed by atoms with Crippen LogP contribution >= 0.6 is 24.0 Å². The number of benzene rings is 1. The Balaban J connectivity index is 2.17. The quantitative estimate of drug-likeness (QED) is 0.714. The summed E-state index contributed by atoms with van der Waals surface area (Å²) in [5.74, 6) is 0. The van der Waals surface area contributed by atoms with Gasteiger partial charge >= 0.3 is 0 Å². The van der Waals surface area contributed by atoms with Crippen molar-refractivity contribution in [3.63, 3.8) is 0 Å². The van der Waals surface area contributed by atoms with E-state index in [9.17, 15) is 0 Å². The third-order valence-electron chi connectivity index (χ3n) is 2.13. The summed E-state index contributed by atoms with van der Waals surface area (Å²) in [4.78, 5) is 0. The van der Waals surface area contributed by atoms with E-state index in [1.165, 1.54) is 11.1 Å². The molecule has 3 heteroatoms. The van der Waals surface area contributed by atoms with E-state index in [4.69, 9.17) is 12.2 Å². The van der Waals surface area contributed by atoms with E-state index in [1.807, 2.05) is 0 Å². The fourth-order valence-electron chi connectivity index (χ4n) is 1.36. The Kier molecular flexibility index (Phi) is 2.56. The van der Waals surface area contributed by atoms with Gasteiger partial charge in [-0.15, -0.1) is 0 Å². The summed E-state index contributed by atoms with van der Waals surface area (Å²) in [6.45, 7) is 3.07. The molecule has 0 amide bonds. The summed E-state index contributed by atoms with van der Waals surface area (Å²) in [5.41, 5.74) is 2.67. The maximum Gasteiger partial charge on any atom is 0.134 e. The molecule has 1 aromatic carbocycles. The molecule has 1 fully saturated rings. The van der Waals surface area contributed by atoms with Crippen molar-refractivity contribution in [3.8, 4) is 0 Å². The fraction of sp³-hybridized carbons (Fsp3) is 0.300. The van der Waals surface area contributed by atoms with E-state index in [2.05, 4.69) is 36.5 Å². The van der Waals surface area contributed by atoms with Gasteiger partial charge in [0.25, 0.3) is 0 Å². The van der Waals surface area contributed by atoms with E-state index in [1.54, 1.807) is 11.8 Å². The van der Waals surface area contributed by atoms with E-state index >= 15 is 0 Å². The molecule has 1 aromatic rings. The van der Waals surface area contributed by atoms with Crippen molar-refractivity contribution in [3.05, 3.63) is 35.4 Å². The molecule has 1 atom stereocenters. The minimum atomic E-state index is 0.507. The van der Waals surface area contributed by atoms with Gasteiger partial charge in [-0.1, -0.05) is 53.8 Å². The maximum absolute atomic E-state index is 5.07. The SMILES string of the molecule is Cc1ccc(C2CNC(=S)S2)cc1. The zero-order chi connectivity index (χ0) is 9.26. The number of hydrogen-bond donors (Lipinski definition) is 1. The summed E-state index contributed by atoms with van der Waals surface area (Å²) in [7, 11) is 0. The highest BCUT2D eigenvalue weighted by Gasteiger charge is 2.20. The predicted molar refractivity (Wildman–Crippen MR) is 62.1 cm³/mol. The largest absolute Gasteiger partial charge is 0.369 e. The van der Waals surface area contributed by atoms with E-state index < -0.39 is 0 Å². The molecule has 0 aliphatic carbocycles. The second kappa shape index (κ2) is 3.68. The Bertz CT molecular complexity index is 318. The van der Waals surface area contributed by atoms with Crippen LogP contribution in [0.1, 0.15) is 16.4 Å². The minimum absolute atomic E-state index is 0.507. The molecule has 0 saturated carbocycles. The highest BCUT2D eigenvalue weighted by molar-refractivity contribution is 8.23. The van der Waals surface area contributed by atoms with Gasteiger partial charge in [-0.05, 0) is 12.5 Å². The van der Waals surface area contributed by atoms with Gasteiger partial charge in [0.2, 0.25) is 0 Å². The van der Waals surface area contributed by atoms with Crippen LogP contribution in [0.4, 0.5) is 0 Å². The maximum atomic E-state index is 5.07. The molecule has 1 unspecified atom stereocenters. The minimum Gasteiger partial charge on any atom is -0.369 e. The van der Waals surface area contributed by atoms with Gasteiger partial charge in [0.05, 0.1) is 5.25 Å². The molecular formula is C10H11NS2. The van der Waals surface area contributed by atoms with Gasteiger partial charge in [-0.2, -0.15) is 0 Å². The predicted octanol–water partition coefficient (Wildman–Crippen LogP) is 2.66. The van der Waals surface area contributed by atoms with Crippen molar-refractivity contribution in [2.75, 3.05) is 6.54 Å². The van der Waals surface area contributed by atoms with Crippen molar-refractivity contribution in [1.29, 1.82) is 0 Å². The van der Waals surface area contributed by atoms with Crippen molar-refractivity contribution in [2.24, 2.45) is 0 Å². The number of thiocarbonyl (C=S) groups is 1. The van der Waals surface area contributed by atoms with Crippen LogP contribution in [0.15, 0.2) is 24.3 Å². The molecule has 1 aliphatic rings. The lowest BCUT2D eigenvalue weighted by molar-refractivity contribution is 0.887. The van der Waals surface area contributed by atoms with Crippen LogP contribution < -0.4 is 5.32 Å². The number of thioether (sulfide) groups is 1. The van der Waals surface area contributed by atoms with Crippen LogP contribution in [0.25, 0.3) is 0 Å². The molecule has 1 heterocycles. The first-order chi connectivity index (χ1) is 6.25. The summed E-state index contributed by atoms with van der Waals surface area (Å²) in [6, 6.07) is 8.67. The van der Waals surface area contributed by atoms with Crippen molar-refractivity contribution in [1.82, 2.24) is 5.32 Å². The van der Waals surface area contributed by atoms with Crippen molar-refractivity contribution in [2.45, 2.75) is 12.2 Å². The van der Waals surface area contributed by atoms with E-state index in [0.717, 1.165) is 10.9 Å². The number of nitrogens with one attached hydrogen (secondary N) is 1. The molecule has 0 aromatic heterocycles. The van der Waals surface area contributed by atoms with Gasteiger partial charge in [0.1, 0.15) is 4.32 Å². The van der Waals surface area contributed by atoms with Crippen molar-refractivity contribution >= 4 is 28.3 Å². The van der Waals surface area contributed by atoms with Crippen LogP contribution in [0.3, 0.4) is 0 Å². The molecule has 2 rings (SSSR count). The third kappa shape index (κ3) is 2.03. The Hall–Kier alpha value is -0.540.